The van der Waals surface area contributed by atoms with E-state index in [0.29, 0.717) is 47.7 Å². The van der Waals surface area contributed by atoms with Crippen molar-refractivity contribution in [2.24, 2.45) is 46.8 Å². The molecule has 3 saturated heterocycles. The molecule has 0 spiro atoms. The Morgan fingerprint density at radius 3 is 2.34 bits per heavy atom. The molecule has 7 heteroatoms. The summed E-state index contributed by atoms with van der Waals surface area (Å²) in [6.07, 6.45) is 9.77. The Morgan fingerprint density at radius 1 is 0.886 bits per heavy atom. The summed E-state index contributed by atoms with van der Waals surface area (Å²) in [7, 11) is 3.78. The predicted molar refractivity (Wildman–Crippen MR) is 138 cm³/mol. The zero-order chi connectivity index (χ0) is 24.7. The lowest BCUT2D eigenvalue weighted by Crippen LogP contribution is -2.59. The van der Waals surface area contributed by atoms with Gasteiger partial charge in [0.2, 0.25) is 5.91 Å². The van der Waals surface area contributed by atoms with Gasteiger partial charge >= 0.3 is 0 Å². The van der Waals surface area contributed by atoms with Crippen molar-refractivity contribution in [2.75, 3.05) is 33.7 Å². The first kappa shape index (κ1) is 25.4. The maximum atomic E-state index is 12.7. The van der Waals surface area contributed by atoms with Crippen molar-refractivity contribution in [3.63, 3.8) is 0 Å². The highest BCUT2D eigenvalue weighted by molar-refractivity contribution is 5.78. The van der Waals surface area contributed by atoms with Gasteiger partial charge in [0, 0.05) is 45.3 Å². The topological polar surface area (TPSA) is 92.2 Å². The van der Waals surface area contributed by atoms with Crippen LogP contribution in [-0.2, 0) is 4.79 Å². The Morgan fingerprint density at radius 2 is 1.63 bits per heavy atom. The summed E-state index contributed by atoms with van der Waals surface area (Å²) in [4.78, 5) is 14.4. The Hall–Kier alpha value is -1.20. The van der Waals surface area contributed by atoms with Crippen LogP contribution in [0.1, 0.15) is 65.2 Å². The zero-order valence-electron chi connectivity index (χ0n) is 22.4. The number of hydrogen-bond donors (Lipinski definition) is 4. The van der Waals surface area contributed by atoms with E-state index in [2.05, 4.69) is 41.4 Å². The fraction of sp³-hybridized carbons (Fsp3) is 0.929. The van der Waals surface area contributed by atoms with Gasteiger partial charge < -0.3 is 15.5 Å². The number of nitriles is 1. The van der Waals surface area contributed by atoms with Gasteiger partial charge in [-0.2, -0.15) is 5.26 Å². The number of rotatable bonds is 4. The van der Waals surface area contributed by atoms with E-state index in [4.69, 9.17) is 0 Å². The molecule has 5 fully saturated rings. The Kier molecular flexibility index (Phi) is 7.48. The summed E-state index contributed by atoms with van der Waals surface area (Å²) in [6, 6.07) is 4.27. The second-order valence-corrected chi connectivity index (χ2v) is 13.3. The highest BCUT2D eigenvalue weighted by atomic mass is 16.2. The lowest BCUT2D eigenvalue weighted by atomic mass is 9.60. The predicted octanol–water partition coefficient (Wildman–Crippen LogP) is 2.51. The van der Waals surface area contributed by atoms with E-state index in [9.17, 15) is 10.1 Å². The van der Waals surface area contributed by atoms with Gasteiger partial charge in [-0.15, -0.1) is 0 Å². The molecule has 5 aliphatic rings. The fourth-order valence-corrected chi connectivity index (χ4v) is 8.63. The first-order chi connectivity index (χ1) is 16.8. The van der Waals surface area contributed by atoms with Crippen molar-refractivity contribution >= 4 is 5.91 Å². The quantitative estimate of drug-likeness (QED) is 0.490. The summed E-state index contributed by atoms with van der Waals surface area (Å²) < 4.78 is 0. The molecule has 8 atom stereocenters. The van der Waals surface area contributed by atoms with Crippen molar-refractivity contribution in [2.45, 2.75) is 83.3 Å². The van der Waals surface area contributed by atoms with Crippen molar-refractivity contribution in [1.29, 1.82) is 5.26 Å². The van der Waals surface area contributed by atoms with Crippen LogP contribution in [0.3, 0.4) is 0 Å². The molecular formula is C28H48N6O. The Labute approximate surface area is 212 Å². The summed E-state index contributed by atoms with van der Waals surface area (Å²) in [5, 5.41) is 17.1. The van der Waals surface area contributed by atoms with Crippen LogP contribution in [0.2, 0.25) is 0 Å². The van der Waals surface area contributed by atoms with Crippen LogP contribution in [0.25, 0.3) is 0 Å². The maximum Gasteiger partial charge on any atom is 0.226 e. The van der Waals surface area contributed by atoms with Gasteiger partial charge in [0.1, 0.15) is 0 Å². The molecule has 35 heavy (non-hydrogen) atoms. The van der Waals surface area contributed by atoms with Crippen molar-refractivity contribution < 1.29 is 4.79 Å². The highest BCUT2D eigenvalue weighted by Crippen LogP contribution is 2.48. The molecule has 3 aliphatic heterocycles. The van der Waals surface area contributed by atoms with E-state index < -0.39 is 0 Å². The number of hydrazine groups is 1. The van der Waals surface area contributed by atoms with E-state index in [1.165, 1.54) is 44.9 Å². The standard InChI is InChI=1S/C28H48N6O/c1-28(2,16-29)21-8-5-17(6-9-21)26-25-22-12-18(7-10-23(22)31-15-24(25)32-33-26)19-11-20(14-30-13-19)27(35)34(3)4/h17-26,30-33H,5-15H2,1-4H3. The molecule has 0 aromatic carbocycles. The number of piperidine rings is 2. The van der Waals surface area contributed by atoms with Gasteiger partial charge in [-0.3, -0.25) is 15.6 Å². The summed E-state index contributed by atoms with van der Waals surface area (Å²) >= 11 is 0. The average Bonchev–Trinajstić information content (AvgIpc) is 3.33. The Bertz CT molecular complexity index is 800. The van der Waals surface area contributed by atoms with Crippen LogP contribution < -0.4 is 21.5 Å². The molecular weight excluding hydrogens is 436 g/mol. The number of nitrogens with one attached hydrogen (secondary N) is 4. The first-order valence-electron chi connectivity index (χ1n) is 14.4. The van der Waals surface area contributed by atoms with Crippen LogP contribution >= 0.6 is 0 Å². The van der Waals surface area contributed by atoms with Gasteiger partial charge in [0.25, 0.3) is 0 Å². The van der Waals surface area contributed by atoms with Crippen molar-refractivity contribution in [1.82, 2.24) is 26.4 Å². The molecule has 3 heterocycles. The minimum absolute atomic E-state index is 0.133. The molecule has 2 aliphatic carbocycles. The second kappa shape index (κ2) is 10.3. The SMILES string of the molecule is CN(C)C(=O)C1CNCC(C2CCC3NCC4NNC(C5CCC(C(C)(C)C#N)CC5)C4C3C2)C1. The molecule has 5 rings (SSSR count). The zero-order valence-corrected chi connectivity index (χ0v) is 22.4. The van der Waals surface area contributed by atoms with E-state index in [0.717, 1.165) is 32.0 Å². The normalized spacial score (nSPS) is 44.1. The summed E-state index contributed by atoms with van der Waals surface area (Å²) in [5.74, 6) is 4.39. The summed E-state index contributed by atoms with van der Waals surface area (Å²) in [6.45, 7) is 7.22. The van der Waals surface area contributed by atoms with Crippen molar-refractivity contribution in [3.05, 3.63) is 0 Å². The number of hydrogen-bond acceptors (Lipinski definition) is 6. The third kappa shape index (κ3) is 5.01. The van der Waals surface area contributed by atoms with Crippen LogP contribution in [0.4, 0.5) is 0 Å². The fourth-order valence-electron chi connectivity index (χ4n) is 8.63. The molecule has 1 amide bonds. The maximum absolute atomic E-state index is 12.7. The third-order valence-corrected chi connectivity index (χ3v) is 10.8. The van der Waals surface area contributed by atoms with E-state index in [1.807, 2.05) is 14.1 Å². The molecule has 2 saturated carbocycles. The lowest BCUT2D eigenvalue weighted by molar-refractivity contribution is -0.134. The molecule has 196 valence electrons. The smallest absolute Gasteiger partial charge is 0.226 e. The van der Waals surface area contributed by atoms with Crippen LogP contribution in [0, 0.1) is 58.2 Å². The molecule has 4 N–H and O–H groups in total. The average molecular weight is 485 g/mol. The molecule has 7 nitrogen and oxygen atoms in total. The van der Waals surface area contributed by atoms with Crippen LogP contribution in [-0.4, -0.2) is 62.7 Å². The van der Waals surface area contributed by atoms with Gasteiger partial charge in [0.05, 0.1) is 17.4 Å². The molecule has 0 aromatic heterocycles. The van der Waals surface area contributed by atoms with E-state index >= 15 is 0 Å². The largest absolute Gasteiger partial charge is 0.349 e. The molecule has 0 bridgehead atoms. The van der Waals surface area contributed by atoms with Crippen molar-refractivity contribution in [3.8, 4) is 6.07 Å². The minimum atomic E-state index is -0.203. The number of carbonyl (C=O) groups is 1. The second-order valence-electron chi connectivity index (χ2n) is 13.3. The monoisotopic (exact) mass is 484 g/mol. The first-order valence-corrected chi connectivity index (χ1v) is 14.4. The van der Waals surface area contributed by atoms with Gasteiger partial charge in [0.15, 0.2) is 0 Å². The van der Waals surface area contributed by atoms with Gasteiger partial charge in [-0.1, -0.05) is 0 Å². The third-order valence-electron chi connectivity index (χ3n) is 10.8. The number of fused-ring (bicyclic) bond motifs is 3. The highest BCUT2D eigenvalue weighted by Gasteiger charge is 2.52. The Balaban J connectivity index is 1.25. The summed E-state index contributed by atoms with van der Waals surface area (Å²) in [5.41, 5.74) is 7.27. The number of nitrogens with zero attached hydrogens (tertiary/aromatic N) is 2. The number of amides is 1. The lowest BCUT2D eigenvalue weighted by Gasteiger charge is -2.50. The van der Waals surface area contributed by atoms with Gasteiger partial charge in [-0.25, -0.2) is 0 Å². The van der Waals surface area contributed by atoms with E-state index in [-0.39, 0.29) is 17.2 Å². The van der Waals surface area contributed by atoms with E-state index in [1.54, 1.807) is 4.90 Å². The molecule has 0 radical (unpaired) electrons. The van der Waals surface area contributed by atoms with Gasteiger partial charge in [-0.05, 0) is 107 Å². The van der Waals surface area contributed by atoms with Crippen LogP contribution in [0.15, 0.2) is 0 Å². The minimum Gasteiger partial charge on any atom is -0.349 e. The molecule has 8 unspecified atom stereocenters. The van der Waals surface area contributed by atoms with Crippen LogP contribution in [0.5, 0.6) is 0 Å². The molecule has 0 aromatic rings. The number of carbonyl (C=O) groups excluding carboxylic acids is 1.